The van der Waals surface area contributed by atoms with Gasteiger partial charge in [-0.25, -0.2) is 8.78 Å². The number of aliphatic hydroxyl groups excluding tert-OH is 1. The fourth-order valence-corrected chi connectivity index (χ4v) is 2.18. The quantitative estimate of drug-likeness (QED) is 0.939. The molecule has 0 saturated heterocycles. The van der Waals surface area contributed by atoms with Gasteiger partial charge in [0.1, 0.15) is 29.2 Å². The van der Waals surface area contributed by atoms with Crippen LogP contribution in [0.25, 0.3) is 0 Å². The van der Waals surface area contributed by atoms with E-state index in [1.165, 1.54) is 21.1 Å². The summed E-state index contributed by atoms with van der Waals surface area (Å²) in [6.07, 6.45) is -1.40. The lowest BCUT2D eigenvalue weighted by Crippen LogP contribution is -2.08. The molecule has 0 amide bonds. The summed E-state index contributed by atoms with van der Waals surface area (Å²) in [6, 6.07) is 6.95. The van der Waals surface area contributed by atoms with E-state index in [-0.39, 0.29) is 16.7 Å². The molecule has 0 aliphatic rings. The number of aryl methyl sites for hydroxylation is 1. The van der Waals surface area contributed by atoms with Gasteiger partial charge in [0.25, 0.3) is 0 Å². The van der Waals surface area contributed by atoms with Crippen LogP contribution in [-0.2, 0) is 0 Å². The molecule has 1 atom stereocenters. The molecular weight excluding hydrogens is 278 g/mol. The van der Waals surface area contributed by atoms with Crippen LogP contribution in [0.2, 0.25) is 0 Å². The molecular formula is C16H16F2O3. The van der Waals surface area contributed by atoms with E-state index in [1.54, 1.807) is 18.2 Å². The summed E-state index contributed by atoms with van der Waals surface area (Å²) in [4.78, 5) is 0. The Morgan fingerprint density at radius 3 is 2.10 bits per heavy atom. The molecule has 2 aromatic carbocycles. The molecule has 0 aromatic heterocycles. The number of benzene rings is 2. The van der Waals surface area contributed by atoms with Crippen molar-refractivity contribution in [3.8, 4) is 11.5 Å². The van der Waals surface area contributed by atoms with E-state index in [0.717, 1.165) is 12.1 Å². The average molecular weight is 294 g/mol. The lowest BCUT2D eigenvalue weighted by atomic mass is 9.98. The summed E-state index contributed by atoms with van der Waals surface area (Å²) in [6.45, 7) is 1.46. The molecule has 0 heterocycles. The van der Waals surface area contributed by atoms with Gasteiger partial charge in [0.05, 0.1) is 19.8 Å². The summed E-state index contributed by atoms with van der Waals surface area (Å²) < 4.78 is 38.0. The topological polar surface area (TPSA) is 38.7 Å². The molecule has 1 unspecified atom stereocenters. The predicted molar refractivity (Wildman–Crippen MR) is 74.7 cm³/mol. The van der Waals surface area contributed by atoms with Crippen LogP contribution in [0, 0.1) is 18.6 Å². The van der Waals surface area contributed by atoms with Gasteiger partial charge in [-0.15, -0.1) is 0 Å². The molecule has 0 fully saturated rings. The Morgan fingerprint density at radius 2 is 1.57 bits per heavy atom. The predicted octanol–water partition coefficient (Wildman–Crippen LogP) is 3.37. The maximum Gasteiger partial charge on any atom is 0.129 e. The summed E-state index contributed by atoms with van der Waals surface area (Å²) >= 11 is 0. The largest absolute Gasteiger partial charge is 0.496 e. The molecule has 2 rings (SSSR count). The van der Waals surface area contributed by atoms with Gasteiger partial charge in [-0.3, -0.25) is 0 Å². The highest BCUT2D eigenvalue weighted by Crippen LogP contribution is 2.38. The van der Waals surface area contributed by atoms with Crippen molar-refractivity contribution in [1.82, 2.24) is 0 Å². The number of aliphatic hydroxyl groups is 1. The second-order valence-corrected chi connectivity index (χ2v) is 4.60. The Bertz CT molecular complexity index is 634. The molecule has 0 bridgehead atoms. The average Bonchev–Trinajstić information content (AvgIpc) is 2.49. The van der Waals surface area contributed by atoms with Crippen molar-refractivity contribution < 1.29 is 23.4 Å². The smallest absolute Gasteiger partial charge is 0.129 e. The van der Waals surface area contributed by atoms with E-state index in [4.69, 9.17) is 9.47 Å². The minimum absolute atomic E-state index is 0.166. The van der Waals surface area contributed by atoms with Crippen molar-refractivity contribution in [3.63, 3.8) is 0 Å². The Balaban J connectivity index is 2.59. The van der Waals surface area contributed by atoms with E-state index < -0.39 is 17.7 Å². The molecule has 0 saturated carbocycles. The van der Waals surface area contributed by atoms with E-state index in [2.05, 4.69) is 0 Å². The van der Waals surface area contributed by atoms with Crippen molar-refractivity contribution in [2.75, 3.05) is 14.2 Å². The van der Waals surface area contributed by atoms with Gasteiger partial charge in [-0.1, -0.05) is 6.07 Å². The maximum absolute atomic E-state index is 14.0. The van der Waals surface area contributed by atoms with Crippen LogP contribution in [0.4, 0.5) is 8.78 Å². The Kier molecular flexibility index (Phi) is 4.43. The van der Waals surface area contributed by atoms with E-state index in [9.17, 15) is 13.9 Å². The summed E-state index contributed by atoms with van der Waals surface area (Å²) in [5.74, 6) is -0.599. The van der Waals surface area contributed by atoms with Gasteiger partial charge in [-0.05, 0) is 36.8 Å². The number of rotatable bonds is 4. The first-order valence-corrected chi connectivity index (χ1v) is 6.34. The minimum atomic E-state index is -1.40. The van der Waals surface area contributed by atoms with Crippen molar-refractivity contribution in [2.45, 2.75) is 13.0 Å². The molecule has 0 aliphatic heterocycles. The van der Waals surface area contributed by atoms with Crippen LogP contribution < -0.4 is 9.47 Å². The summed E-state index contributed by atoms with van der Waals surface area (Å²) in [5.41, 5.74) is 0.265. The van der Waals surface area contributed by atoms with E-state index in [1.807, 2.05) is 0 Å². The molecule has 2 aromatic rings. The van der Waals surface area contributed by atoms with E-state index in [0.29, 0.717) is 11.5 Å². The number of halogens is 2. The highest BCUT2D eigenvalue weighted by Gasteiger charge is 2.24. The number of hydrogen-bond acceptors (Lipinski definition) is 3. The SMILES string of the molecule is COc1cccc(OC)c1C(O)c1cc(F)c(C)cc1F. The third-order valence-corrected chi connectivity index (χ3v) is 3.31. The zero-order valence-electron chi connectivity index (χ0n) is 12.0. The highest BCUT2D eigenvalue weighted by atomic mass is 19.1. The Hall–Kier alpha value is -2.14. The molecule has 21 heavy (non-hydrogen) atoms. The standard InChI is InChI=1S/C16H16F2O3/c1-9-7-12(18)10(8-11(9)17)16(19)15-13(20-2)5-4-6-14(15)21-3/h4-8,16,19H,1-3H3. The molecule has 0 spiro atoms. The first-order chi connectivity index (χ1) is 9.99. The second-order valence-electron chi connectivity index (χ2n) is 4.60. The summed E-state index contributed by atoms with van der Waals surface area (Å²) in [5, 5.41) is 10.4. The zero-order chi connectivity index (χ0) is 15.6. The van der Waals surface area contributed by atoms with Gasteiger partial charge in [0, 0.05) is 5.56 Å². The van der Waals surface area contributed by atoms with E-state index >= 15 is 0 Å². The Morgan fingerprint density at radius 1 is 1.00 bits per heavy atom. The van der Waals surface area contributed by atoms with Crippen LogP contribution in [0.1, 0.15) is 22.8 Å². The fourth-order valence-electron chi connectivity index (χ4n) is 2.18. The van der Waals surface area contributed by atoms with Crippen LogP contribution in [-0.4, -0.2) is 19.3 Å². The maximum atomic E-state index is 14.0. The van der Waals surface area contributed by atoms with Gasteiger partial charge < -0.3 is 14.6 Å². The molecule has 0 radical (unpaired) electrons. The third kappa shape index (κ3) is 2.83. The first kappa shape index (κ1) is 15.3. The van der Waals surface area contributed by atoms with Crippen molar-refractivity contribution >= 4 is 0 Å². The Labute approximate surface area is 121 Å². The molecule has 5 heteroatoms. The normalized spacial score (nSPS) is 12.1. The van der Waals surface area contributed by atoms with Gasteiger partial charge in [0.15, 0.2) is 0 Å². The number of ether oxygens (including phenoxy) is 2. The van der Waals surface area contributed by atoms with Gasteiger partial charge in [-0.2, -0.15) is 0 Å². The van der Waals surface area contributed by atoms with Crippen molar-refractivity contribution in [2.24, 2.45) is 0 Å². The number of methoxy groups -OCH3 is 2. The molecule has 0 aliphatic carbocycles. The minimum Gasteiger partial charge on any atom is -0.496 e. The van der Waals surface area contributed by atoms with Gasteiger partial charge in [0.2, 0.25) is 0 Å². The highest BCUT2D eigenvalue weighted by molar-refractivity contribution is 5.50. The number of hydrogen-bond donors (Lipinski definition) is 1. The molecule has 3 nitrogen and oxygen atoms in total. The van der Waals surface area contributed by atoms with Crippen LogP contribution in [0.15, 0.2) is 30.3 Å². The lowest BCUT2D eigenvalue weighted by Gasteiger charge is -2.19. The van der Waals surface area contributed by atoms with Gasteiger partial charge >= 0.3 is 0 Å². The van der Waals surface area contributed by atoms with Crippen molar-refractivity contribution in [3.05, 3.63) is 58.7 Å². The van der Waals surface area contributed by atoms with Crippen LogP contribution in [0.3, 0.4) is 0 Å². The van der Waals surface area contributed by atoms with Crippen LogP contribution >= 0.6 is 0 Å². The zero-order valence-corrected chi connectivity index (χ0v) is 12.0. The summed E-state index contributed by atoms with van der Waals surface area (Å²) in [7, 11) is 2.86. The van der Waals surface area contributed by atoms with Crippen LogP contribution in [0.5, 0.6) is 11.5 Å². The monoisotopic (exact) mass is 294 g/mol. The first-order valence-electron chi connectivity index (χ1n) is 6.34. The second kappa shape index (κ2) is 6.10. The van der Waals surface area contributed by atoms with Crippen molar-refractivity contribution in [1.29, 1.82) is 0 Å². The fraction of sp³-hybridized carbons (Fsp3) is 0.250. The molecule has 112 valence electrons. The third-order valence-electron chi connectivity index (χ3n) is 3.31. The lowest BCUT2D eigenvalue weighted by molar-refractivity contribution is 0.203. The molecule has 1 N–H and O–H groups in total.